The van der Waals surface area contributed by atoms with Crippen molar-refractivity contribution in [2.75, 3.05) is 0 Å². The number of rotatable bonds is 4. The van der Waals surface area contributed by atoms with Gasteiger partial charge in [-0.1, -0.05) is 12.1 Å². The van der Waals surface area contributed by atoms with E-state index in [1.54, 1.807) is 25.4 Å². The number of benzene rings is 1. The van der Waals surface area contributed by atoms with Crippen LogP contribution in [0.15, 0.2) is 53.6 Å². The van der Waals surface area contributed by atoms with E-state index in [1.807, 2.05) is 24.3 Å². The summed E-state index contributed by atoms with van der Waals surface area (Å²) >= 11 is 0. The molecule has 3 aromatic rings. The maximum Gasteiger partial charge on any atom is 0.328 e. The number of para-hydroxylation sites is 2. The molecule has 0 bridgehead atoms. The van der Waals surface area contributed by atoms with E-state index in [-0.39, 0.29) is 18.7 Å². The number of amides is 2. The fraction of sp³-hybridized carbons (Fsp3) is 0.176. The molecule has 8 heteroatoms. The molecule has 0 aliphatic carbocycles. The van der Waals surface area contributed by atoms with Gasteiger partial charge < -0.3 is 0 Å². The molecule has 0 spiro atoms. The van der Waals surface area contributed by atoms with Gasteiger partial charge in [-0.25, -0.2) is 4.79 Å². The highest BCUT2D eigenvalue weighted by Crippen LogP contribution is 2.11. The van der Waals surface area contributed by atoms with Crippen molar-refractivity contribution >= 4 is 22.8 Å². The van der Waals surface area contributed by atoms with Crippen LogP contribution >= 0.6 is 0 Å². The van der Waals surface area contributed by atoms with E-state index in [4.69, 9.17) is 0 Å². The van der Waals surface area contributed by atoms with Crippen LogP contribution in [0, 0.1) is 0 Å². The van der Waals surface area contributed by atoms with Crippen LogP contribution in [0.2, 0.25) is 0 Å². The molecular weight excluding hydrogens is 322 g/mol. The zero-order chi connectivity index (χ0) is 17.8. The third-order valence-corrected chi connectivity index (χ3v) is 3.85. The molecule has 0 atom stereocenters. The minimum Gasteiger partial charge on any atom is -0.295 e. The van der Waals surface area contributed by atoms with E-state index < -0.39 is 11.8 Å². The number of carbonyl (C=O) groups excluding carboxylic acids is 2. The summed E-state index contributed by atoms with van der Waals surface area (Å²) in [4.78, 5) is 39.9. The highest BCUT2D eigenvalue weighted by Gasteiger charge is 2.12. The Morgan fingerprint density at radius 1 is 1.08 bits per heavy atom. The standard InChI is InChI=1S/C17H17N5O3/c1-21-13-6-2-3-7-14(13)22(17(21)25)10-8-15(23)19-20-16(24)12-5-4-9-18-11-12/h2-7,9,11H,8,10H2,1H3,(H,19,23)(H,20,24). The average Bonchev–Trinajstić information content (AvgIpc) is 2.89. The Morgan fingerprint density at radius 2 is 1.84 bits per heavy atom. The molecule has 128 valence electrons. The Balaban J connectivity index is 1.61. The molecule has 0 unspecified atom stereocenters. The van der Waals surface area contributed by atoms with Gasteiger partial charge in [-0.3, -0.25) is 34.6 Å². The molecule has 3 rings (SSSR count). The molecule has 0 aliphatic rings. The molecule has 2 aromatic heterocycles. The number of fused-ring (bicyclic) bond motifs is 1. The first-order chi connectivity index (χ1) is 12.1. The molecule has 25 heavy (non-hydrogen) atoms. The minimum atomic E-state index is -0.455. The zero-order valence-electron chi connectivity index (χ0n) is 13.6. The second kappa shape index (κ2) is 7.00. The lowest BCUT2D eigenvalue weighted by molar-refractivity contribution is -0.122. The van der Waals surface area contributed by atoms with Crippen molar-refractivity contribution < 1.29 is 9.59 Å². The number of hydrazine groups is 1. The van der Waals surface area contributed by atoms with E-state index >= 15 is 0 Å². The number of imidazole rings is 1. The molecule has 0 radical (unpaired) electrons. The quantitative estimate of drug-likeness (QED) is 0.680. The smallest absolute Gasteiger partial charge is 0.295 e. The van der Waals surface area contributed by atoms with E-state index in [1.165, 1.54) is 15.3 Å². The molecule has 0 fully saturated rings. The van der Waals surface area contributed by atoms with E-state index in [0.717, 1.165) is 11.0 Å². The van der Waals surface area contributed by atoms with Crippen molar-refractivity contribution in [3.8, 4) is 0 Å². The lowest BCUT2D eigenvalue weighted by Crippen LogP contribution is -2.42. The van der Waals surface area contributed by atoms with Gasteiger partial charge in [0.25, 0.3) is 5.91 Å². The fourth-order valence-electron chi connectivity index (χ4n) is 2.55. The van der Waals surface area contributed by atoms with E-state index in [9.17, 15) is 14.4 Å². The van der Waals surface area contributed by atoms with E-state index in [0.29, 0.717) is 5.56 Å². The van der Waals surface area contributed by atoms with Gasteiger partial charge in [-0.05, 0) is 24.3 Å². The highest BCUT2D eigenvalue weighted by atomic mass is 16.2. The first kappa shape index (κ1) is 16.4. The summed E-state index contributed by atoms with van der Waals surface area (Å²) in [6.45, 7) is 0.217. The first-order valence-electron chi connectivity index (χ1n) is 7.71. The molecule has 1 aromatic carbocycles. The molecule has 0 aliphatic heterocycles. The lowest BCUT2D eigenvalue weighted by atomic mass is 10.3. The molecule has 0 saturated carbocycles. The second-order valence-corrected chi connectivity index (χ2v) is 5.48. The van der Waals surface area contributed by atoms with Crippen LogP contribution in [0.4, 0.5) is 0 Å². The average molecular weight is 339 g/mol. The number of carbonyl (C=O) groups is 2. The normalized spacial score (nSPS) is 10.6. The van der Waals surface area contributed by atoms with Crippen LogP contribution in [0.1, 0.15) is 16.8 Å². The number of pyridine rings is 1. The van der Waals surface area contributed by atoms with Crippen LogP contribution in [-0.2, 0) is 18.4 Å². The molecule has 8 nitrogen and oxygen atoms in total. The van der Waals surface area contributed by atoms with Crippen molar-refractivity contribution in [2.45, 2.75) is 13.0 Å². The summed E-state index contributed by atoms with van der Waals surface area (Å²) < 4.78 is 3.08. The third-order valence-electron chi connectivity index (χ3n) is 3.85. The summed E-state index contributed by atoms with van der Waals surface area (Å²) in [7, 11) is 1.69. The van der Waals surface area contributed by atoms with Crippen molar-refractivity contribution in [2.24, 2.45) is 7.05 Å². The number of hydrogen-bond donors (Lipinski definition) is 2. The Kier molecular flexibility index (Phi) is 4.60. The summed E-state index contributed by atoms with van der Waals surface area (Å²) in [5, 5.41) is 0. The Morgan fingerprint density at radius 3 is 2.56 bits per heavy atom. The molecule has 2 N–H and O–H groups in total. The molecular formula is C17H17N5O3. The summed E-state index contributed by atoms with van der Waals surface area (Å²) in [6, 6.07) is 10.6. The SMILES string of the molecule is Cn1c(=O)n(CCC(=O)NNC(=O)c2cccnc2)c2ccccc21. The first-order valence-corrected chi connectivity index (χ1v) is 7.71. The van der Waals surface area contributed by atoms with Crippen molar-refractivity contribution in [3.63, 3.8) is 0 Å². The Hall–Kier alpha value is -3.42. The fourth-order valence-corrected chi connectivity index (χ4v) is 2.55. The lowest BCUT2D eigenvalue weighted by Gasteiger charge is -2.07. The van der Waals surface area contributed by atoms with Gasteiger partial charge in [-0.15, -0.1) is 0 Å². The number of nitrogens with zero attached hydrogens (tertiary/aromatic N) is 3. The van der Waals surface area contributed by atoms with Gasteiger partial charge >= 0.3 is 5.69 Å². The largest absolute Gasteiger partial charge is 0.328 e. The van der Waals surface area contributed by atoms with Gasteiger partial charge in [0, 0.05) is 32.4 Å². The molecule has 2 amide bonds. The second-order valence-electron chi connectivity index (χ2n) is 5.48. The topological polar surface area (TPSA) is 98.0 Å². The van der Waals surface area contributed by atoms with Crippen molar-refractivity contribution in [1.29, 1.82) is 0 Å². The predicted octanol–water partition coefficient (Wildman–Crippen LogP) is 0.586. The van der Waals surface area contributed by atoms with Crippen molar-refractivity contribution in [3.05, 3.63) is 64.8 Å². The number of aryl methyl sites for hydroxylation is 2. The summed E-state index contributed by atoms with van der Waals surface area (Å²) in [5.74, 6) is -0.846. The predicted molar refractivity (Wildman–Crippen MR) is 91.6 cm³/mol. The number of hydrogen-bond acceptors (Lipinski definition) is 4. The van der Waals surface area contributed by atoms with Crippen LogP contribution in [0.3, 0.4) is 0 Å². The Bertz CT molecular complexity index is 975. The molecule has 0 saturated heterocycles. The van der Waals surface area contributed by atoms with Gasteiger partial charge in [0.05, 0.1) is 16.6 Å². The molecule has 2 heterocycles. The van der Waals surface area contributed by atoms with Gasteiger partial charge in [0.15, 0.2) is 0 Å². The highest BCUT2D eigenvalue weighted by molar-refractivity contribution is 5.95. The van der Waals surface area contributed by atoms with Crippen LogP contribution in [0.5, 0.6) is 0 Å². The number of aromatic nitrogens is 3. The van der Waals surface area contributed by atoms with Gasteiger partial charge in [0.2, 0.25) is 5.91 Å². The van der Waals surface area contributed by atoms with Gasteiger partial charge in [0.1, 0.15) is 0 Å². The zero-order valence-corrected chi connectivity index (χ0v) is 13.6. The van der Waals surface area contributed by atoms with Crippen LogP contribution in [0.25, 0.3) is 11.0 Å². The summed E-state index contributed by atoms with van der Waals surface area (Å²) in [6.07, 6.45) is 3.01. The van der Waals surface area contributed by atoms with E-state index in [2.05, 4.69) is 15.8 Å². The van der Waals surface area contributed by atoms with Crippen molar-refractivity contribution in [1.82, 2.24) is 25.0 Å². The van der Waals surface area contributed by atoms with Gasteiger partial charge in [-0.2, -0.15) is 0 Å². The monoisotopic (exact) mass is 339 g/mol. The minimum absolute atomic E-state index is 0.0568. The van der Waals surface area contributed by atoms with Crippen LogP contribution < -0.4 is 16.5 Å². The summed E-state index contributed by atoms with van der Waals surface area (Å²) in [5.41, 5.74) is 6.38. The third kappa shape index (κ3) is 3.42. The Labute approximate surface area is 143 Å². The van der Waals surface area contributed by atoms with Crippen LogP contribution in [-0.4, -0.2) is 25.9 Å². The maximum atomic E-state index is 12.3. The number of nitrogens with one attached hydrogen (secondary N) is 2. The maximum absolute atomic E-state index is 12.3.